The average molecular weight is 617 g/mol. The SMILES string of the molecule is CCCC1=[C-]CC=C1.[I-].[I-].[Zr+4].[c-]1cccc2c1Cc1ccccc1-2. The van der Waals surface area contributed by atoms with E-state index in [1.54, 1.807) is 0 Å². The maximum Gasteiger partial charge on any atom is 4.00 e. The van der Waals surface area contributed by atoms with Crippen LogP contribution in [0.15, 0.2) is 60.2 Å². The molecule has 24 heavy (non-hydrogen) atoms. The smallest absolute Gasteiger partial charge is 1.00 e. The van der Waals surface area contributed by atoms with Gasteiger partial charge >= 0.3 is 26.2 Å². The largest absolute Gasteiger partial charge is 4.00 e. The van der Waals surface area contributed by atoms with Gasteiger partial charge in [0.05, 0.1) is 0 Å². The minimum atomic E-state index is 0. The molecule has 122 valence electrons. The van der Waals surface area contributed by atoms with Crippen LogP contribution in [0.3, 0.4) is 0 Å². The molecule has 2 aromatic carbocycles. The van der Waals surface area contributed by atoms with Gasteiger partial charge in [0.15, 0.2) is 0 Å². The van der Waals surface area contributed by atoms with E-state index in [4.69, 9.17) is 0 Å². The first-order valence-electron chi connectivity index (χ1n) is 7.72. The van der Waals surface area contributed by atoms with Gasteiger partial charge < -0.3 is 48.0 Å². The van der Waals surface area contributed by atoms with E-state index >= 15 is 0 Å². The Labute approximate surface area is 199 Å². The molecular formula is C21H20I2Zr. The summed E-state index contributed by atoms with van der Waals surface area (Å²) in [6.45, 7) is 2.20. The van der Waals surface area contributed by atoms with Crippen LogP contribution >= 0.6 is 0 Å². The Morgan fingerprint density at radius 1 is 1.00 bits per heavy atom. The first kappa shape index (κ1) is 24.3. The third-order valence-corrected chi connectivity index (χ3v) is 3.90. The minimum absolute atomic E-state index is 0. The molecule has 0 radical (unpaired) electrons. The van der Waals surface area contributed by atoms with Crippen molar-refractivity contribution in [2.45, 2.75) is 32.6 Å². The molecule has 0 amide bonds. The number of hydrogen-bond donors (Lipinski definition) is 0. The fourth-order valence-electron chi connectivity index (χ4n) is 2.89. The van der Waals surface area contributed by atoms with E-state index in [2.05, 4.69) is 67.6 Å². The van der Waals surface area contributed by atoms with Crippen LogP contribution in [0.1, 0.15) is 37.3 Å². The van der Waals surface area contributed by atoms with Crippen molar-refractivity contribution >= 4 is 0 Å². The van der Waals surface area contributed by atoms with Gasteiger partial charge in [0.25, 0.3) is 0 Å². The Balaban J connectivity index is 0.000000429. The summed E-state index contributed by atoms with van der Waals surface area (Å²) >= 11 is 0. The van der Waals surface area contributed by atoms with Gasteiger partial charge in [0, 0.05) is 0 Å². The second-order valence-corrected chi connectivity index (χ2v) is 5.45. The van der Waals surface area contributed by atoms with Crippen LogP contribution in [0.25, 0.3) is 11.1 Å². The molecule has 0 atom stereocenters. The summed E-state index contributed by atoms with van der Waals surface area (Å²) in [5.74, 6) is 0. The Morgan fingerprint density at radius 2 is 1.75 bits per heavy atom. The fraction of sp³-hybridized carbons (Fsp3) is 0.238. The Bertz CT molecular complexity index is 646. The molecule has 0 spiro atoms. The average Bonchev–Trinajstić information content (AvgIpc) is 3.15. The van der Waals surface area contributed by atoms with Crippen molar-refractivity contribution in [2.24, 2.45) is 0 Å². The van der Waals surface area contributed by atoms with Crippen LogP contribution < -0.4 is 48.0 Å². The third kappa shape index (κ3) is 6.21. The molecule has 0 fully saturated rings. The summed E-state index contributed by atoms with van der Waals surface area (Å²) in [6.07, 6.45) is 12.1. The Morgan fingerprint density at radius 3 is 2.46 bits per heavy atom. The molecular weight excluding hydrogens is 597 g/mol. The monoisotopic (exact) mass is 616 g/mol. The predicted octanol–water partition coefficient (Wildman–Crippen LogP) is -0.461. The van der Waals surface area contributed by atoms with Crippen molar-refractivity contribution in [2.75, 3.05) is 0 Å². The standard InChI is InChI=1S/C13H9.C8H11.2HI.Zr/c1-3-7-12-10(5-1)9-11-6-2-4-8-13(11)12;1-2-5-8-6-3-4-7-8;;;/h1-5,7-8H,9H2;3,6H,2,4-5H2,1H3;2*1H;/q2*-1;;;+4/p-2. The fourth-order valence-corrected chi connectivity index (χ4v) is 2.89. The van der Waals surface area contributed by atoms with Gasteiger partial charge in [-0.2, -0.15) is 35.9 Å². The maximum absolute atomic E-state index is 3.30. The molecule has 2 aromatic rings. The summed E-state index contributed by atoms with van der Waals surface area (Å²) in [4.78, 5) is 0. The Hall–Kier alpha value is 0.263. The number of benzene rings is 2. The van der Waals surface area contributed by atoms with Gasteiger partial charge in [-0.25, -0.2) is 11.6 Å². The van der Waals surface area contributed by atoms with Crippen molar-refractivity contribution in [3.8, 4) is 11.1 Å². The zero-order valence-corrected chi connectivity index (χ0v) is 20.6. The van der Waals surface area contributed by atoms with E-state index in [1.807, 2.05) is 6.07 Å². The zero-order valence-electron chi connectivity index (χ0n) is 13.8. The van der Waals surface area contributed by atoms with Gasteiger partial charge in [0.2, 0.25) is 0 Å². The van der Waals surface area contributed by atoms with E-state index in [0.717, 1.165) is 12.8 Å². The van der Waals surface area contributed by atoms with Gasteiger partial charge in [-0.3, -0.25) is 6.08 Å². The molecule has 0 aliphatic heterocycles. The van der Waals surface area contributed by atoms with Crippen LogP contribution in [0.4, 0.5) is 0 Å². The van der Waals surface area contributed by atoms with Crippen molar-refractivity contribution < 1.29 is 74.2 Å². The number of allylic oxidation sites excluding steroid dienone is 4. The van der Waals surface area contributed by atoms with E-state index < -0.39 is 0 Å². The molecule has 0 saturated heterocycles. The van der Waals surface area contributed by atoms with Crippen LogP contribution in [0, 0.1) is 12.1 Å². The summed E-state index contributed by atoms with van der Waals surface area (Å²) in [7, 11) is 0. The quantitative estimate of drug-likeness (QED) is 0.270. The Kier molecular flexibility index (Phi) is 12.7. The second-order valence-electron chi connectivity index (χ2n) is 5.45. The number of halogens is 2. The third-order valence-electron chi connectivity index (χ3n) is 3.90. The zero-order chi connectivity index (χ0) is 14.5. The molecule has 3 heteroatoms. The molecule has 2 aliphatic rings. The van der Waals surface area contributed by atoms with E-state index in [9.17, 15) is 0 Å². The van der Waals surface area contributed by atoms with Crippen molar-refractivity contribution in [3.63, 3.8) is 0 Å². The minimum Gasteiger partial charge on any atom is -1.00 e. The topological polar surface area (TPSA) is 0 Å². The first-order chi connectivity index (χ1) is 10.4. The number of fused-ring (bicyclic) bond motifs is 3. The van der Waals surface area contributed by atoms with Gasteiger partial charge in [-0.05, 0) is 6.42 Å². The predicted molar refractivity (Wildman–Crippen MR) is 88.9 cm³/mol. The molecule has 0 N–H and O–H groups in total. The number of hydrogen-bond acceptors (Lipinski definition) is 0. The molecule has 0 unspecified atom stereocenters. The molecule has 4 rings (SSSR count). The molecule has 2 aliphatic carbocycles. The van der Waals surface area contributed by atoms with Crippen molar-refractivity contribution in [1.29, 1.82) is 0 Å². The van der Waals surface area contributed by atoms with E-state index in [1.165, 1.54) is 40.7 Å². The van der Waals surface area contributed by atoms with Crippen LogP contribution in [0.2, 0.25) is 0 Å². The molecule has 0 aromatic heterocycles. The van der Waals surface area contributed by atoms with Crippen LogP contribution in [-0.2, 0) is 32.6 Å². The molecule has 0 saturated carbocycles. The van der Waals surface area contributed by atoms with Gasteiger partial charge in [-0.1, -0.05) is 55.2 Å². The summed E-state index contributed by atoms with van der Waals surface area (Å²) in [6, 6.07) is 18.1. The molecule has 0 bridgehead atoms. The summed E-state index contributed by atoms with van der Waals surface area (Å²) in [5.41, 5.74) is 6.91. The van der Waals surface area contributed by atoms with Crippen LogP contribution in [-0.4, -0.2) is 0 Å². The second kappa shape index (κ2) is 12.6. The van der Waals surface area contributed by atoms with E-state index in [0.29, 0.717) is 0 Å². The van der Waals surface area contributed by atoms with Gasteiger partial charge in [-0.15, -0.1) is 12.0 Å². The van der Waals surface area contributed by atoms with Gasteiger partial charge in [0.1, 0.15) is 0 Å². The van der Waals surface area contributed by atoms with Crippen LogP contribution in [0.5, 0.6) is 0 Å². The van der Waals surface area contributed by atoms with Crippen molar-refractivity contribution in [1.82, 2.24) is 0 Å². The molecule has 0 heterocycles. The molecule has 0 nitrogen and oxygen atoms in total. The summed E-state index contributed by atoms with van der Waals surface area (Å²) < 4.78 is 0. The normalized spacial score (nSPS) is 12.3. The summed E-state index contributed by atoms with van der Waals surface area (Å²) in [5, 5.41) is 0. The number of rotatable bonds is 2. The van der Waals surface area contributed by atoms with Crippen molar-refractivity contribution in [3.05, 3.63) is 83.5 Å². The first-order valence-corrected chi connectivity index (χ1v) is 7.72. The maximum atomic E-state index is 3.30. The van der Waals surface area contributed by atoms with E-state index in [-0.39, 0.29) is 74.2 Å².